The number of hydrogen-bond acceptors (Lipinski definition) is 3. The van der Waals surface area contributed by atoms with E-state index in [1.54, 1.807) is 17.0 Å². The number of fused-ring (bicyclic) bond motifs is 1. The van der Waals surface area contributed by atoms with E-state index in [-0.39, 0.29) is 12.2 Å². The van der Waals surface area contributed by atoms with Crippen LogP contribution in [-0.4, -0.2) is 23.3 Å². The van der Waals surface area contributed by atoms with Crippen molar-refractivity contribution in [3.63, 3.8) is 0 Å². The molecule has 0 bridgehead atoms. The lowest BCUT2D eigenvalue weighted by Gasteiger charge is -2.23. The number of Topliss-reactive ketones (excluding diaryl/α,β-unsaturated/α-hetero) is 1. The molecule has 1 aliphatic rings. The van der Waals surface area contributed by atoms with E-state index in [0.29, 0.717) is 29.8 Å². The van der Waals surface area contributed by atoms with Gasteiger partial charge < -0.3 is 10.0 Å². The van der Waals surface area contributed by atoms with E-state index >= 15 is 0 Å². The van der Waals surface area contributed by atoms with Gasteiger partial charge in [-0.1, -0.05) is 92.6 Å². The smallest absolute Gasteiger partial charge is 0.264 e. The summed E-state index contributed by atoms with van der Waals surface area (Å²) >= 11 is 0. The van der Waals surface area contributed by atoms with Crippen LogP contribution in [0.15, 0.2) is 78.9 Å². The molecule has 0 fully saturated rings. The number of benzene rings is 3. The maximum absolute atomic E-state index is 13.4. The Hall–Kier alpha value is -3.24. The molecule has 0 aromatic heterocycles. The lowest BCUT2D eigenvalue weighted by Crippen LogP contribution is -2.42. The largest absolute Gasteiger partial charge is 0.375 e. The number of nitrogens with zero attached hydrogens (tertiary/aromatic N) is 1. The van der Waals surface area contributed by atoms with Gasteiger partial charge in [-0.15, -0.1) is 0 Å². The first-order valence-electron chi connectivity index (χ1n) is 11.8. The summed E-state index contributed by atoms with van der Waals surface area (Å²) in [6.45, 7) is 2.63. The zero-order valence-corrected chi connectivity index (χ0v) is 19.2. The summed E-state index contributed by atoms with van der Waals surface area (Å²) in [7, 11) is 0. The number of hydrogen-bond donors (Lipinski definition) is 1. The number of unbranched alkanes of at least 4 members (excludes halogenated alkanes) is 2. The molecule has 1 N–H and O–H groups in total. The molecule has 170 valence electrons. The molecule has 0 saturated heterocycles. The molecule has 0 radical (unpaired) electrons. The fraction of sp³-hybridized carbons (Fsp3) is 0.310. The first kappa shape index (κ1) is 22.9. The first-order valence-corrected chi connectivity index (χ1v) is 11.8. The first-order chi connectivity index (χ1) is 16.0. The fourth-order valence-electron chi connectivity index (χ4n) is 4.56. The number of para-hydroxylation sites is 1. The Morgan fingerprint density at radius 1 is 0.848 bits per heavy atom. The fourth-order valence-corrected chi connectivity index (χ4v) is 4.56. The van der Waals surface area contributed by atoms with Crippen LogP contribution in [0.1, 0.15) is 59.7 Å². The van der Waals surface area contributed by atoms with Gasteiger partial charge in [-0.2, -0.15) is 0 Å². The number of aliphatic hydroxyl groups is 1. The zero-order valence-electron chi connectivity index (χ0n) is 19.2. The molecule has 0 spiro atoms. The number of aryl methyl sites for hydroxylation is 1. The maximum Gasteiger partial charge on any atom is 0.264 e. The van der Waals surface area contributed by atoms with Crippen molar-refractivity contribution in [2.75, 3.05) is 11.4 Å². The highest BCUT2D eigenvalue weighted by Gasteiger charge is 2.50. The Labute approximate surface area is 195 Å². The number of carbonyl (C=O) groups excluding carboxylic acids is 2. The number of carbonyl (C=O) groups is 2. The molecule has 4 heteroatoms. The Morgan fingerprint density at radius 3 is 2.24 bits per heavy atom. The Balaban J connectivity index is 1.50. The molecule has 1 unspecified atom stereocenters. The van der Waals surface area contributed by atoms with Crippen LogP contribution >= 0.6 is 0 Å². The van der Waals surface area contributed by atoms with E-state index in [0.717, 1.165) is 18.4 Å². The summed E-state index contributed by atoms with van der Waals surface area (Å²) in [5.41, 5.74) is 2.19. The van der Waals surface area contributed by atoms with Gasteiger partial charge in [-0.05, 0) is 36.5 Å². The standard InChI is InChI=1S/C29H31NO3/c1-2-3-5-10-23-15-17-24(18-16-23)27(31)21-29(33)25-13-8-9-14-26(25)30(28(29)32)20-19-22-11-6-4-7-12-22/h4,6-9,11-18,33H,2-3,5,10,19-21H2,1H3. The second-order valence-corrected chi connectivity index (χ2v) is 8.82. The van der Waals surface area contributed by atoms with Crippen molar-refractivity contribution in [1.29, 1.82) is 0 Å². The van der Waals surface area contributed by atoms with Crippen molar-refractivity contribution in [1.82, 2.24) is 0 Å². The number of anilines is 1. The van der Waals surface area contributed by atoms with Crippen molar-refractivity contribution in [2.24, 2.45) is 0 Å². The van der Waals surface area contributed by atoms with E-state index in [1.807, 2.05) is 66.7 Å². The van der Waals surface area contributed by atoms with E-state index in [2.05, 4.69) is 6.92 Å². The molecule has 4 rings (SSSR count). The van der Waals surface area contributed by atoms with Crippen LogP contribution in [0.2, 0.25) is 0 Å². The minimum Gasteiger partial charge on any atom is -0.375 e. The minimum absolute atomic E-state index is 0.231. The van der Waals surface area contributed by atoms with Gasteiger partial charge >= 0.3 is 0 Å². The molecule has 1 atom stereocenters. The molecule has 1 heterocycles. The molecular formula is C29H31NO3. The summed E-state index contributed by atoms with van der Waals surface area (Å²) < 4.78 is 0. The van der Waals surface area contributed by atoms with Crippen molar-refractivity contribution < 1.29 is 14.7 Å². The molecular weight excluding hydrogens is 410 g/mol. The zero-order chi connectivity index (χ0) is 23.3. The second kappa shape index (κ2) is 10.1. The summed E-state index contributed by atoms with van der Waals surface area (Å²) in [6.07, 6.45) is 4.90. The van der Waals surface area contributed by atoms with E-state index in [1.165, 1.54) is 18.4 Å². The number of ketones is 1. The highest BCUT2D eigenvalue weighted by molar-refractivity contribution is 6.10. The van der Waals surface area contributed by atoms with Crippen molar-refractivity contribution in [3.05, 3.63) is 101 Å². The molecule has 33 heavy (non-hydrogen) atoms. The highest BCUT2D eigenvalue weighted by atomic mass is 16.3. The summed E-state index contributed by atoms with van der Waals surface area (Å²) in [6, 6.07) is 24.8. The lowest BCUT2D eigenvalue weighted by molar-refractivity contribution is -0.135. The summed E-state index contributed by atoms with van der Waals surface area (Å²) in [4.78, 5) is 28.1. The van der Waals surface area contributed by atoms with Crippen LogP contribution in [0.3, 0.4) is 0 Å². The van der Waals surface area contributed by atoms with Crippen LogP contribution in [0.5, 0.6) is 0 Å². The molecule has 1 amide bonds. The third-order valence-corrected chi connectivity index (χ3v) is 6.47. The van der Waals surface area contributed by atoms with Crippen LogP contribution < -0.4 is 4.90 Å². The van der Waals surface area contributed by atoms with E-state index in [9.17, 15) is 14.7 Å². The van der Waals surface area contributed by atoms with Gasteiger partial charge in [-0.3, -0.25) is 9.59 Å². The molecule has 0 aliphatic carbocycles. The van der Waals surface area contributed by atoms with Crippen LogP contribution in [-0.2, 0) is 23.2 Å². The third-order valence-electron chi connectivity index (χ3n) is 6.47. The molecule has 4 nitrogen and oxygen atoms in total. The summed E-state index contributed by atoms with van der Waals surface area (Å²) in [5, 5.41) is 11.5. The number of amides is 1. The van der Waals surface area contributed by atoms with E-state index < -0.39 is 11.5 Å². The molecule has 3 aromatic carbocycles. The quantitative estimate of drug-likeness (QED) is 0.335. The average Bonchev–Trinajstić information content (AvgIpc) is 3.05. The van der Waals surface area contributed by atoms with Gasteiger partial charge in [0, 0.05) is 17.7 Å². The predicted octanol–water partition coefficient (Wildman–Crippen LogP) is 5.47. The minimum atomic E-state index is -1.84. The van der Waals surface area contributed by atoms with Crippen molar-refractivity contribution in [3.8, 4) is 0 Å². The Kier molecular flexibility index (Phi) is 7.05. The van der Waals surface area contributed by atoms with Gasteiger partial charge in [0.1, 0.15) is 0 Å². The van der Waals surface area contributed by atoms with Gasteiger partial charge in [0.15, 0.2) is 11.4 Å². The third kappa shape index (κ3) is 4.91. The number of rotatable bonds is 10. The average molecular weight is 442 g/mol. The topological polar surface area (TPSA) is 57.6 Å². The Morgan fingerprint density at radius 2 is 1.52 bits per heavy atom. The van der Waals surface area contributed by atoms with Crippen molar-refractivity contribution in [2.45, 2.75) is 51.0 Å². The SMILES string of the molecule is CCCCCc1ccc(C(=O)CC2(O)C(=O)N(CCc3ccccc3)c3ccccc32)cc1. The monoisotopic (exact) mass is 441 g/mol. The van der Waals surface area contributed by atoms with Crippen molar-refractivity contribution >= 4 is 17.4 Å². The maximum atomic E-state index is 13.4. The van der Waals surface area contributed by atoms with Gasteiger partial charge in [0.2, 0.25) is 0 Å². The van der Waals surface area contributed by atoms with E-state index in [4.69, 9.17) is 0 Å². The van der Waals surface area contributed by atoms with Crippen LogP contribution in [0, 0.1) is 0 Å². The van der Waals surface area contributed by atoms with Crippen LogP contribution in [0.4, 0.5) is 5.69 Å². The molecule has 1 aliphatic heterocycles. The second-order valence-electron chi connectivity index (χ2n) is 8.82. The summed E-state index contributed by atoms with van der Waals surface area (Å²) in [5.74, 6) is -0.658. The van der Waals surface area contributed by atoms with Gasteiger partial charge in [-0.25, -0.2) is 0 Å². The van der Waals surface area contributed by atoms with Gasteiger partial charge in [0.05, 0.1) is 12.1 Å². The van der Waals surface area contributed by atoms with Gasteiger partial charge in [0.25, 0.3) is 5.91 Å². The highest BCUT2D eigenvalue weighted by Crippen LogP contribution is 2.42. The molecule has 3 aromatic rings. The normalized spacial score (nSPS) is 17.3. The van der Waals surface area contributed by atoms with Crippen LogP contribution in [0.25, 0.3) is 0 Å². The lowest BCUT2D eigenvalue weighted by atomic mass is 9.88. The predicted molar refractivity (Wildman–Crippen MR) is 131 cm³/mol. The molecule has 0 saturated carbocycles. The Bertz CT molecular complexity index is 1110.